The van der Waals surface area contributed by atoms with Crippen molar-refractivity contribution in [2.45, 2.75) is 12.8 Å². The van der Waals surface area contributed by atoms with Gasteiger partial charge in [-0.3, -0.25) is 13.8 Å². The highest BCUT2D eigenvalue weighted by Gasteiger charge is 2.10. The molecule has 0 aliphatic heterocycles. The number of rotatable bonds is 7. The molecule has 0 heterocycles. The van der Waals surface area contributed by atoms with E-state index < -0.39 is 10.8 Å². The second kappa shape index (κ2) is 8.79. The van der Waals surface area contributed by atoms with Crippen LogP contribution in [0, 0.1) is 0 Å². The molecule has 7 heteroatoms. The number of carbonyl (C=O) groups excluding carboxylic acids is 2. The molecule has 1 atom stereocenters. The minimum atomic E-state index is -1.27. The normalized spacial score (nSPS) is 11.8. The first kappa shape index (κ1) is 17.7. The first-order chi connectivity index (χ1) is 9.88. The van der Waals surface area contributed by atoms with Crippen molar-refractivity contribution in [2.75, 3.05) is 30.9 Å². The number of hydrogen-bond acceptors (Lipinski definition) is 3. The van der Waals surface area contributed by atoms with E-state index in [4.69, 9.17) is 11.6 Å². The molecule has 116 valence electrons. The average Bonchev–Trinajstić information content (AvgIpc) is 2.41. The maximum Gasteiger partial charge on any atom is 0.236 e. The second-order valence-corrected chi connectivity index (χ2v) is 6.75. The van der Waals surface area contributed by atoms with Crippen molar-refractivity contribution in [1.82, 2.24) is 4.90 Å². The van der Waals surface area contributed by atoms with Gasteiger partial charge in [0.25, 0.3) is 0 Å². The van der Waals surface area contributed by atoms with Crippen LogP contribution >= 0.6 is 11.6 Å². The minimum Gasteiger partial charge on any atom is -0.349 e. The van der Waals surface area contributed by atoms with Crippen LogP contribution in [0.15, 0.2) is 24.3 Å². The minimum absolute atomic E-state index is 0.00221. The predicted octanol–water partition coefficient (Wildman–Crippen LogP) is 1.90. The molecule has 0 aromatic heterocycles. The first-order valence-corrected chi connectivity index (χ1v) is 8.35. The molecule has 1 rings (SSSR count). The van der Waals surface area contributed by atoms with E-state index in [2.05, 4.69) is 5.32 Å². The van der Waals surface area contributed by atoms with E-state index in [1.165, 1.54) is 4.90 Å². The number of carbonyl (C=O) groups is 2. The Hall–Kier alpha value is -1.40. The molecule has 0 aliphatic rings. The standard InChI is InChI=1S/C14H19ClN2O3S/c1-17(2)14(19)4-3-9-21(20)10-13(18)16-12-7-5-11(15)6-8-12/h5-8H,3-4,9-10H2,1-2H3,(H,16,18)/t21-/m1/s1. The zero-order chi connectivity index (χ0) is 15.8. The summed E-state index contributed by atoms with van der Waals surface area (Å²) in [5.74, 6) is -0.0425. The summed E-state index contributed by atoms with van der Waals surface area (Å²) in [4.78, 5) is 24.5. The molecule has 2 amide bonds. The van der Waals surface area contributed by atoms with E-state index in [1.807, 2.05) is 0 Å². The number of amides is 2. The third-order valence-corrected chi connectivity index (χ3v) is 4.26. The molecule has 1 aromatic carbocycles. The fourth-order valence-electron chi connectivity index (χ4n) is 1.56. The predicted molar refractivity (Wildman–Crippen MR) is 85.9 cm³/mol. The molecule has 21 heavy (non-hydrogen) atoms. The number of anilines is 1. The van der Waals surface area contributed by atoms with E-state index in [-0.39, 0.29) is 17.6 Å². The van der Waals surface area contributed by atoms with E-state index >= 15 is 0 Å². The summed E-state index contributed by atoms with van der Waals surface area (Å²) in [6.07, 6.45) is 0.857. The molecule has 0 bridgehead atoms. The quantitative estimate of drug-likeness (QED) is 0.830. The highest BCUT2D eigenvalue weighted by molar-refractivity contribution is 7.85. The fourth-order valence-corrected chi connectivity index (χ4v) is 2.66. The van der Waals surface area contributed by atoms with Gasteiger partial charge in [-0.25, -0.2) is 0 Å². The number of nitrogens with one attached hydrogen (secondary N) is 1. The molecule has 0 fully saturated rings. The van der Waals surface area contributed by atoms with Crippen molar-refractivity contribution in [1.29, 1.82) is 0 Å². The SMILES string of the molecule is CN(C)C(=O)CCC[S@@](=O)CC(=O)Nc1ccc(Cl)cc1. The van der Waals surface area contributed by atoms with Gasteiger partial charge in [-0.2, -0.15) is 0 Å². The van der Waals surface area contributed by atoms with Crippen LogP contribution in [0.3, 0.4) is 0 Å². The Morgan fingerprint density at radius 3 is 2.43 bits per heavy atom. The van der Waals surface area contributed by atoms with Gasteiger partial charge in [0, 0.05) is 47.8 Å². The smallest absolute Gasteiger partial charge is 0.236 e. The highest BCUT2D eigenvalue weighted by Crippen LogP contribution is 2.13. The third kappa shape index (κ3) is 7.24. The maximum absolute atomic E-state index is 11.8. The molecule has 0 unspecified atom stereocenters. The lowest BCUT2D eigenvalue weighted by Crippen LogP contribution is -2.23. The Labute approximate surface area is 132 Å². The molecule has 5 nitrogen and oxygen atoms in total. The van der Waals surface area contributed by atoms with E-state index in [1.54, 1.807) is 38.4 Å². The van der Waals surface area contributed by atoms with Crippen molar-refractivity contribution in [3.63, 3.8) is 0 Å². The summed E-state index contributed by atoms with van der Waals surface area (Å²) < 4.78 is 11.8. The van der Waals surface area contributed by atoms with Gasteiger partial charge in [-0.1, -0.05) is 11.6 Å². The maximum atomic E-state index is 11.8. The average molecular weight is 331 g/mol. The van der Waals surface area contributed by atoms with Gasteiger partial charge in [-0.05, 0) is 30.7 Å². The van der Waals surface area contributed by atoms with E-state index in [9.17, 15) is 13.8 Å². The van der Waals surface area contributed by atoms with Crippen LogP contribution in [-0.4, -0.2) is 46.5 Å². The van der Waals surface area contributed by atoms with Crippen molar-refractivity contribution in [2.24, 2.45) is 0 Å². The van der Waals surface area contributed by atoms with Gasteiger partial charge in [0.2, 0.25) is 11.8 Å². The van der Waals surface area contributed by atoms with Crippen LogP contribution in [0.25, 0.3) is 0 Å². The second-order valence-electron chi connectivity index (χ2n) is 4.74. The molecule has 1 N–H and O–H groups in total. The number of hydrogen-bond donors (Lipinski definition) is 1. The zero-order valence-corrected chi connectivity index (χ0v) is 13.7. The molecule has 0 radical (unpaired) electrons. The molecule has 0 spiro atoms. The van der Waals surface area contributed by atoms with Gasteiger partial charge in [0.05, 0.1) is 0 Å². The summed E-state index contributed by atoms with van der Waals surface area (Å²) in [6.45, 7) is 0. The van der Waals surface area contributed by atoms with Crippen LogP contribution < -0.4 is 5.32 Å². The summed E-state index contributed by atoms with van der Waals surface area (Å²) in [6, 6.07) is 6.69. The molecule has 1 aromatic rings. The van der Waals surface area contributed by atoms with Gasteiger partial charge in [0.1, 0.15) is 5.75 Å². The van der Waals surface area contributed by atoms with Gasteiger partial charge in [0.15, 0.2) is 0 Å². The van der Waals surface area contributed by atoms with Crippen molar-refractivity contribution in [3.8, 4) is 0 Å². The number of benzene rings is 1. The van der Waals surface area contributed by atoms with Crippen molar-refractivity contribution < 1.29 is 13.8 Å². The Bertz CT molecular complexity index is 517. The van der Waals surface area contributed by atoms with Crippen LogP contribution in [0.4, 0.5) is 5.69 Å². The van der Waals surface area contributed by atoms with Crippen LogP contribution in [0.2, 0.25) is 5.02 Å². The lowest BCUT2D eigenvalue weighted by Gasteiger charge is -2.09. The largest absolute Gasteiger partial charge is 0.349 e. The molecular weight excluding hydrogens is 312 g/mol. The van der Waals surface area contributed by atoms with Crippen LogP contribution in [0.5, 0.6) is 0 Å². The van der Waals surface area contributed by atoms with Crippen molar-refractivity contribution in [3.05, 3.63) is 29.3 Å². The first-order valence-electron chi connectivity index (χ1n) is 6.49. The number of nitrogens with zero attached hydrogens (tertiary/aromatic N) is 1. The lowest BCUT2D eigenvalue weighted by atomic mass is 10.3. The fraction of sp³-hybridized carbons (Fsp3) is 0.429. The lowest BCUT2D eigenvalue weighted by molar-refractivity contribution is -0.128. The van der Waals surface area contributed by atoms with Gasteiger partial charge >= 0.3 is 0 Å². The van der Waals surface area contributed by atoms with Crippen molar-refractivity contribution >= 4 is 39.9 Å². The van der Waals surface area contributed by atoms with Gasteiger partial charge < -0.3 is 10.2 Å². The Morgan fingerprint density at radius 1 is 1.24 bits per heavy atom. The summed E-state index contributed by atoms with van der Waals surface area (Å²) >= 11 is 5.75. The highest BCUT2D eigenvalue weighted by atomic mass is 35.5. The molecule has 0 saturated carbocycles. The van der Waals surface area contributed by atoms with E-state index in [0.717, 1.165) is 0 Å². The zero-order valence-electron chi connectivity index (χ0n) is 12.1. The summed E-state index contributed by atoms with van der Waals surface area (Å²) in [5, 5.41) is 3.24. The molecule has 0 aliphatic carbocycles. The number of halogens is 1. The molecular formula is C14H19ClN2O3S. The van der Waals surface area contributed by atoms with Gasteiger partial charge in [-0.15, -0.1) is 0 Å². The third-order valence-electron chi connectivity index (χ3n) is 2.68. The van der Waals surface area contributed by atoms with E-state index in [0.29, 0.717) is 29.3 Å². The topological polar surface area (TPSA) is 66.5 Å². The Kier molecular flexibility index (Phi) is 7.39. The summed E-state index contributed by atoms with van der Waals surface area (Å²) in [7, 11) is 2.09. The summed E-state index contributed by atoms with van der Waals surface area (Å²) in [5.41, 5.74) is 0.615. The Morgan fingerprint density at radius 2 is 1.86 bits per heavy atom. The monoisotopic (exact) mass is 330 g/mol. The Balaban J connectivity index is 2.29. The van der Waals surface area contributed by atoms with Crippen LogP contribution in [0.1, 0.15) is 12.8 Å². The van der Waals surface area contributed by atoms with Crippen LogP contribution in [-0.2, 0) is 20.4 Å². The molecule has 0 saturated heterocycles.